The first-order valence-electron chi connectivity index (χ1n) is 4.62. The number of nitrogens with two attached hydrogens (primary N) is 1. The Labute approximate surface area is 78.1 Å². The van der Waals surface area contributed by atoms with Crippen LogP contribution in [0, 0.1) is 5.92 Å². The van der Waals surface area contributed by atoms with Gasteiger partial charge in [-0.05, 0) is 25.7 Å². The van der Waals surface area contributed by atoms with Crippen molar-refractivity contribution in [1.29, 1.82) is 0 Å². The Morgan fingerprint density at radius 1 is 1.31 bits per heavy atom. The summed E-state index contributed by atoms with van der Waals surface area (Å²) in [5.41, 5.74) is 4.94. The van der Waals surface area contributed by atoms with Crippen LogP contribution in [-0.4, -0.2) is 29.3 Å². The number of rotatable bonds is 0. The second-order valence-electron chi connectivity index (χ2n) is 3.85. The SMILES string of the molecule is C[C@H]1CC[C@H](C)N(C(=O)C(N)=O)C1. The predicted molar refractivity (Wildman–Crippen MR) is 48.8 cm³/mol. The van der Waals surface area contributed by atoms with Crippen LogP contribution in [0.4, 0.5) is 0 Å². The zero-order chi connectivity index (χ0) is 10.0. The average molecular weight is 184 g/mol. The molecule has 4 heteroatoms. The van der Waals surface area contributed by atoms with E-state index in [0.717, 1.165) is 12.8 Å². The molecule has 74 valence electrons. The van der Waals surface area contributed by atoms with Crippen molar-refractivity contribution in [3.05, 3.63) is 0 Å². The van der Waals surface area contributed by atoms with E-state index >= 15 is 0 Å². The summed E-state index contributed by atoms with van der Waals surface area (Å²) in [6.07, 6.45) is 2.07. The second kappa shape index (κ2) is 3.77. The van der Waals surface area contributed by atoms with Crippen LogP contribution in [0.3, 0.4) is 0 Å². The normalized spacial score (nSPS) is 28.6. The molecule has 13 heavy (non-hydrogen) atoms. The molecule has 0 aromatic rings. The van der Waals surface area contributed by atoms with Gasteiger partial charge in [-0.3, -0.25) is 9.59 Å². The molecule has 1 aliphatic rings. The van der Waals surface area contributed by atoms with Gasteiger partial charge < -0.3 is 10.6 Å². The minimum atomic E-state index is -0.846. The molecule has 0 unspecified atom stereocenters. The van der Waals surface area contributed by atoms with Crippen LogP contribution in [-0.2, 0) is 9.59 Å². The Kier molecular flexibility index (Phi) is 2.90. The zero-order valence-electron chi connectivity index (χ0n) is 8.12. The van der Waals surface area contributed by atoms with E-state index in [2.05, 4.69) is 6.92 Å². The monoisotopic (exact) mass is 184 g/mol. The van der Waals surface area contributed by atoms with Gasteiger partial charge in [0, 0.05) is 12.6 Å². The van der Waals surface area contributed by atoms with Crippen molar-refractivity contribution in [1.82, 2.24) is 4.90 Å². The van der Waals surface area contributed by atoms with Crippen molar-refractivity contribution in [2.75, 3.05) is 6.54 Å². The van der Waals surface area contributed by atoms with Crippen LogP contribution in [0.15, 0.2) is 0 Å². The van der Waals surface area contributed by atoms with Gasteiger partial charge in [-0.25, -0.2) is 0 Å². The number of primary amides is 1. The number of nitrogens with zero attached hydrogens (tertiary/aromatic N) is 1. The molecule has 2 N–H and O–H groups in total. The van der Waals surface area contributed by atoms with Gasteiger partial charge in [0.2, 0.25) is 0 Å². The molecule has 0 spiro atoms. The van der Waals surface area contributed by atoms with Crippen LogP contribution in [0.5, 0.6) is 0 Å². The van der Waals surface area contributed by atoms with Crippen LogP contribution in [0.2, 0.25) is 0 Å². The summed E-state index contributed by atoms with van der Waals surface area (Å²) >= 11 is 0. The molecule has 0 aromatic carbocycles. The van der Waals surface area contributed by atoms with Gasteiger partial charge in [-0.2, -0.15) is 0 Å². The molecule has 2 atom stereocenters. The van der Waals surface area contributed by atoms with Crippen LogP contribution >= 0.6 is 0 Å². The van der Waals surface area contributed by atoms with E-state index in [-0.39, 0.29) is 6.04 Å². The fraction of sp³-hybridized carbons (Fsp3) is 0.778. The maximum Gasteiger partial charge on any atom is 0.311 e. The number of carbonyl (C=O) groups is 2. The van der Waals surface area contributed by atoms with Crippen molar-refractivity contribution in [3.63, 3.8) is 0 Å². The lowest BCUT2D eigenvalue weighted by Crippen LogP contribution is -2.49. The largest absolute Gasteiger partial charge is 0.361 e. The minimum absolute atomic E-state index is 0.149. The Morgan fingerprint density at radius 3 is 2.46 bits per heavy atom. The third kappa shape index (κ3) is 2.20. The Morgan fingerprint density at radius 2 is 1.92 bits per heavy atom. The van der Waals surface area contributed by atoms with E-state index in [1.165, 1.54) is 0 Å². The molecule has 4 nitrogen and oxygen atoms in total. The molecule has 1 heterocycles. The standard InChI is InChI=1S/C9H16N2O2/c1-6-3-4-7(2)11(5-6)9(13)8(10)12/h6-7H,3-5H2,1-2H3,(H2,10,12)/t6-,7-/m0/s1. The van der Waals surface area contributed by atoms with Crippen molar-refractivity contribution >= 4 is 11.8 Å². The number of hydrogen-bond donors (Lipinski definition) is 1. The first-order valence-corrected chi connectivity index (χ1v) is 4.62. The minimum Gasteiger partial charge on any atom is -0.361 e. The maximum atomic E-state index is 11.3. The van der Waals surface area contributed by atoms with Crippen molar-refractivity contribution in [2.45, 2.75) is 32.7 Å². The van der Waals surface area contributed by atoms with Crippen LogP contribution in [0.1, 0.15) is 26.7 Å². The summed E-state index contributed by atoms with van der Waals surface area (Å²) in [5.74, 6) is -0.917. The van der Waals surface area contributed by atoms with Gasteiger partial charge in [-0.1, -0.05) is 6.92 Å². The maximum absolute atomic E-state index is 11.3. The number of piperidine rings is 1. The molecule has 1 fully saturated rings. The van der Waals surface area contributed by atoms with Gasteiger partial charge in [0.1, 0.15) is 0 Å². The molecule has 1 rings (SSSR count). The van der Waals surface area contributed by atoms with Crippen LogP contribution < -0.4 is 5.73 Å². The van der Waals surface area contributed by atoms with Gasteiger partial charge >= 0.3 is 11.8 Å². The third-order valence-electron chi connectivity index (χ3n) is 2.59. The van der Waals surface area contributed by atoms with Gasteiger partial charge in [-0.15, -0.1) is 0 Å². The molecule has 0 bridgehead atoms. The number of carbonyl (C=O) groups excluding carboxylic acids is 2. The molecule has 0 aliphatic carbocycles. The summed E-state index contributed by atoms with van der Waals surface area (Å²) in [5, 5.41) is 0. The predicted octanol–water partition coefficient (Wildman–Crippen LogP) is 0.119. The van der Waals surface area contributed by atoms with Crippen molar-refractivity contribution in [3.8, 4) is 0 Å². The van der Waals surface area contributed by atoms with E-state index in [1.54, 1.807) is 4.90 Å². The van der Waals surface area contributed by atoms with Gasteiger partial charge in [0.25, 0.3) is 0 Å². The first kappa shape index (κ1) is 10.0. The highest BCUT2D eigenvalue weighted by atomic mass is 16.2. The molecule has 1 saturated heterocycles. The summed E-state index contributed by atoms with van der Waals surface area (Å²) in [7, 11) is 0. The highest BCUT2D eigenvalue weighted by Crippen LogP contribution is 2.20. The lowest BCUT2D eigenvalue weighted by atomic mass is 9.95. The lowest BCUT2D eigenvalue weighted by molar-refractivity contribution is -0.147. The summed E-state index contributed by atoms with van der Waals surface area (Å²) in [4.78, 5) is 23.6. The number of amides is 2. The fourth-order valence-electron chi connectivity index (χ4n) is 1.71. The zero-order valence-corrected chi connectivity index (χ0v) is 8.12. The Bertz CT molecular complexity index is 228. The van der Waals surface area contributed by atoms with Gasteiger partial charge in [0.05, 0.1) is 0 Å². The molecular formula is C9H16N2O2. The van der Waals surface area contributed by atoms with E-state index < -0.39 is 11.8 Å². The van der Waals surface area contributed by atoms with Gasteiger partial charge in [0.15, 0.2) is 0 Å². The molecule has 2 amide bonds. The molecule has 0 radical (unpaired) electrons. The molecule has 0 aromatic heterocycles. The van der Waals surface area contributed by atoms with Crippen molar-refractivity contribution < 1.29 is 9.59 Å². The number of likely N-dealkylation sites (tertiary alicyclic amines) is 1. The molecular weight excluding hydrogens is 168 g/mol. The summed E-state index contributed by atoms with van der Waals surface area (Å²) in [6, 6.07) is 0.149. The van der Waals surface area contributed by atoms with Crippen LogP contribution in [0.25, 0.3) is 0 Å². The second-order valence-corrected chi connectivity index (χ2v) is 3.85. The fourth-order valence-corrected chi connectivity index (χ4v) is 1.71. The smallest absolute Gasteiger partial charge is 0.311 e. The lowest BCUT2D eigenvalue weighted by Gasteiger charge is -2.35. The average Bonchev–Trinajstić information content (AvgIpc) is 2.08. The molecule has 0 saturated carbocycles. The highest BCUT2D eigenvalue weighted by Gasteiger charge is 2.29. The Hall–Kier alpha value is -1.06. The highest BCUT2D eigenvalue weighted by molar-refractivity contribution is 6.34. The summed E-state index contributed by atoms with van der Waals surface area (Å²) in [6.45, 7) is 4.68. The topological polar surface area (TPSA) is 63.4 Å². The molecule has 1 aliphatic heterocycles. The quantitative estimate of drug-likeness (QED) is 0.543. The first-order chi connectivity index (χ1) is 6.02. The van der Waals surface area contributed by atoms with E-state index in [9.17, 15) is 9.59 Å². The summed E-state index contributed by atoms with van der Waals surface area (Å²) < 4.78 is 0. The van der Waals surface area contributed by atoms with Crippen molar-refractivity contribution in [2.24, 2.45) is 11.7 Å². The number of hydrogen-bond acceptors (Lipinski definition) is 2. The van der Waals surface area contributed by atoms with E-state index in [4.69, 9.17) is 5.73 Å². The Balaban J connectivity index is 2.65. The van der Waals surface area contributed by atoms with E-state index in [0.29, 0.717) is 12.5 Å². The van der Waals surface area contributed by atoms with E-state index in [1.807, 2.05) is 6.92 Å². The third-order valence-corrected chi connectivity index (χ3v) is 2.59.